The molecule has 1 atom stereocenters. The first kappa shape index (κ1) is 14.3. The van der Waals surface area contributed by atoms with Crippen molar-refractivity contribution in [1.82, 2.24) is 10.6 Å². The zero-order valence-electron chi connectivity index (χ0n) is 10.4. The summed E-state index contributed by atoms with van der Waals surface area (Å²) in [6.07, 6.45) is -0.560. The number of nitrogens with one attached hydrogen (secondary N) is 2. The van der Waals surface area contributed by atoms with Crippen molar-refractivity contribution < 1.29 is 18.5 Å². The van der Waals surface area contributed by atoms with Crippen molar-refractivity contribution >= 4 is 11.6 Å². The molecule has 1 amide bonds. The van der Waals surface area contributed by atoms with Crippen LogP contribution < -0.4 is 10.6 Å². The molecule has 6 nitrogen and oxygen atoms in total. The van der Waals surface area contributed by atoms with Crippen LogP contribution in [0.25, 0.3) is 0 Å². The van der Waals surface area contributed by atoms with E-state index in [4.69, 9.17) is 0 Å². The normalized spacial score (nSPS) is 20.6. The van der Waals surface area contributed by atoms with Gasteiger partial charge in [0.1, 0.15) is 0 Å². The minimum absolute atomic E-state index is 0.0697. The standard InChI is InChI=1S/C12H13F2N3O3/c13-12(14)5-9(16-7-12)11(18)15-6-8-3-1-2-4-10(8)17(19)20/h1-4,9,16H,5-7H2,(H,15,18). The molecular formula is C12H13F2N3O3. The number of rotatable bonds is 4. The summed E-state index contributed by atoms with van der Waals surface area (Å²) in [5, 5.41) is 15.6. The zero-order valence-corrected chi connectivity index (χ0v) is 10.4. The van der Waals surface area contributed by atoms with Crippen molar-refractivity contribution in [3.05, 3.63) is 39.9 Å². The second-order valence-corrected chi connectivity index (χ2v) is 4.60. The highest BCUT2D eigenvalue weighted by molar-refractivity contribution is 5.82. The Morgan fingerprint density at radius 3 is 2.80 bits per heavy atom. The molecule has 0 spiro atoms. The Morgan fingerprint density at radius 2 is 2.20 bits per heavy atom. The molecule has 8 heteroatoms. The number of carbonyl (C=O) groups excluding carboxylic acids is 1. The molecular weight excluding hydrogens is 272 g/mol. The summed E-state index contributed by atoms with van der Waals surface area (Å²) in [5.74, 6) is -3.47. The van der Waals surface area contributed by atoms with Crippen LogP contribution in [0.5, 0.6) is 0 Å². The Hall–Kier alpha value is -2.09. The maximum absolute atomic E-state index is 13.0. The summed E-state index contributed by atoms with van der Waals surface area (Å²) in [4.78, 5) is 21.9. The molecule has 0 bridgehead atoms. The van der Waals surface area contributed by atoms with Crippen LogP contribution in [0.4, 0.5) is 14.5 Å². The summed E-state index contributed by atoms with van der Waals surface area (Å²) in [6.45, 7) is -0.601. The van der Waals surface area contributed by atoms with Crippen LogP contribution in [0.1, 0.15) is 12.0 Å². The maximum atomic E-state index is 13.0. The number of para-hydroxylation sites is 1. The molecule has 0 aliphatic carbocycles. The zero-order chi connectivity index (χ0) is 14.8. The Kier molecular flexibility index (Phi) is 3.93. The van der Waals surface area contributed by atoms with Crippen molar-refractivity contribution in [2.24, 2.45) is 0 Å². The van der Waals surface area contributed by atoms with Crippen LogP contribution in [-0.4, -0.2) is 29.3 Å². The second-order valence-electron chi connectivity index (χ2n) is 4.60. The van der Waals surface area contributed by atoms with Gasteiger partial charge in [-0.3, -0.25) is 20.2 Å². The predicted molar refractivity (Wildman–Crippen MR) is 66.3 cm³/mol. The van der Waals surface area contributed by atoms with Gasteiger partial charge in [-0.15, -0.1) is 0 Å². The molecule has 1 aliphatic rings. The number of hydrogen-bond donors (Lipinski definition) is 2. The lowest BCUT2D eigenvalue weighted by atomic mass is 10.1. The largest absolute Gasteiger partial charge is 0.350 e. The third kappa shape index (κ3) is 3.27. The first-order chi connectivity index (χ1) is 9.39. The Labute approximate surface area is 113 Å². The van der Waals surface area contributed by atoms with E-state index in [9.17, 15) is 23.7 Å². The molecule has 0 radical (unpaired) electrons. The molecule has 1 heterocycles. The van der Waals surface area contributed by atoms with Gasteiger partial charge >= 0.3 is 0 Å². The van der Waals surface area contributed by atoms with Crippen LogP contribution in [0.15, 0.2) is 24.3 Å². The van der Waals surface area contributed by atoms with Gasteiger partial charge in [0.25, 0.3) is 11.6 Å². The van der Waals surface area contributed by atoms with E-state index >= 15 is 0 Å². The molecule has 2 N–H and O–H groups in total. The third-order valence-electron chi connectivity index (χ3n) is 3.07. The molecule has 1 unspecified atom stereocenters. The third-order valence-corrected chi connectivity index (χ3v) is 3.07. The number of hydrogen-bond acceptors (Lipinski definition) is 4. The molecule has 20 heavy (non-hydrogen) atoms. The monoisotopic (exact) mass is 285 g/mol. The topological polar surface area (TPSA) is 84.3 Å². The number of nitrogens with zero attached hydrogens (tertiary/aromatic N) is 1. The molecule has 108 valence electrons. The van der Waals surface area contributed by atoms with Gasteiger partial charge in [-0.05, 0) is 0 Å². The number of carbonyl (C=O) groups is 1. The van der Waals surface area contributed by atoms with E-state index in [2.05, 4.69) is 10.6 Å². The Bertz CT molecular complexity index is 536. The van der Waals surface area contributed by atoms with E-state index in [0.717, 1.165) is 0 Å². The number of amides is 1. The van der Waals surface area contributed by atoms with Gasteiger partial charge in [0, 0.05) is 24.6 Å². The van der Waals surface area contributed by atoms with E-state index in [1.165, 1.54) is 18.2 Å². The van der Waals surface area contributed by atoms with E-state index < -0.39 is 35.8 Å². The van der Waals surface area contributed by atoms with E-state index in [-0.39, 0.29) is 12.2 Å². The van der Waals surface area contributed by atoms with E-state index in [1.54, 1.807) is 6.07 Å². The van der Waals surface area contributed by atoms with Gasteiger partial charge in [0.15, 0.2) is 0 Å². The summed E-state index contributed by atoms with van der Waals surface area (Å²) in [5.41, 5.74) is 0.216. The average molecular weight is 285 g/mol. The first-order valence-corrected chi connectivity index (χ1v) is 6.00. The first-order valence-electron chi connectivity index (χ1n) is 6.00. The summed E-state index contributed by atoms with van der Waals surface area (Å²) in [6, 6.07) is 4.99. The summed E-state index contributed by atoms with van der Waals surface area (Å²) >= 11 is 0. The van der Waals surface area contributed by atoms with Crippen molar-refractivity contribution in [3.63, 3.8) is 0 Å². The van der Waals surface area contributed by atoms with Gasteiger partial charge in [-0.25, -0.2) is 8.78 Å². The van der Waals surface area contributed by atoms with Crippen LogP contribution in [0.3, 0.4) is 0 Å². The lowest BCUT2D eigenvalue weighted by Crippen LogP contribution is -2.40. The summed E-state index contributed by atoms with van der Waals surface area (Å²) in [7, 11) is 0. The van der Waals surface area contributed by atoms with E-state index in [0.29, 0.717) is 5.56 Å². The molecule has 1 aromatic carbocycles. The molecule has 2 rings (SSSR count). The van der Waals surface area contributed by atoms with Crippen LogP contribution >= 0.6 is 0 Å². The van der Waals surface area contributed by atoms with Crippen LogP contribution in [0, 0.1) is 10.1 Å². The minimum Gasteiger partial charge on any atom is -0.350 e. The van der Waals surface area contributed by atoms with E-state index in [1.807, 2.05) is 0 Å². The lowest BCUT2D eigenvalue weighted by molar-refractivity contribution is -0.385. The molecule has 0 aromatic heterocycles. The minimum atomic E-state index is -2.89. The highest BCUT2D eigenvalue weighted by Gasteiger charge is 2.42. The second kappa shape index (κ2) is 5.49. The maximum Gasteiger partial charge on any atom is 0.274 e. The molecule has 1 fully saturated rings. The molecule has 1 aliphatic heterocycles. The van der Waals surface area contributed by atoms with Crippen molar-refractivity contribution in [1.29, 1.82) is 0 Å². The van der Waals surface area contributed by atoms with Crippen LogP contribution in [-0.2, 0) is 11.3 Å². The van der Waals surface area contributed by atoms with Gasteiger partial charge in [0.2, 0.25) is 5.91 Å². The molecule has 0 saturated carbocycles. The fourth-order valence-corrected chi connectivity index (χ4v) is 2.04. The molecule has 1 aromatic rings. The average Bonchev–Trinajstić information content (AvgIpc) is 2.76. The number of nitro benzene ring substituents is 1. The number of halogens is 2. The summed E-state index contributed by atoms with van der Waals surface area (Å²) < 4.78 is 25.9. The fourth-order valence-electron chi connectivity index (χ4n) is 2.04. The number of alkyl halides is 2. The van der Waals surface area contributed by atoms with Crippen molar-refractivity contribution in [2.75, 3.05) is 6.54 Å². The van der Waals surface area contributed by atoms with Crippen molar-refractivity contribution in [3.8, 4) is 0 Å². The van der Waals surface area contributed by atoms with Crippen molar-refractivity contribution in [2.45, 2.75) is 24.9 Å². The fraction of sp³-hybridized carbons (Fsp3) is 0.417. The smallest absolute Gasteiger partial charge is 0.274 e. The quantitative estimate of drug-likeness (QED) is 0.643. The Morgan fingerprint density at radius 1 is 1.50 bits per heavy atom. The molecule has 1 saturated heterocycles. The van der Waals surface area contributed by atoms with Crippen LogP contribution in [0.2, 0.25) is 0 Å². The number of nitro groups is 1. The van der Waals surface area contributed by atoms with Gasteiger partial charge in [0.05, 0.1) is 17.5 Å². The van der Waals surface area contributed by atoms with Gasteiger partial charge in [-0.2, -0.15) is 0 Å². The SMILES string of the molecule is O=C(NCc1ccccc1[N+](=O)[O-])C1CC(F)(F)CN1. The number of benzene rings is 1. The highest BCUT2D eigenvalue weighted by atomic mass is 19.3. The Balaban J connectivity index is 1.96. The van der Waals surface area contributed by atoms with Gasteiger partial charge in [-0.1, -0.05) is 18.2 Å². The predicted octanol–water partition coefficient (Wildman–Crippen LogP) is 1.21. The highest BCUT2D eigenvalue weighted by Crippen LogP contribution is 2.25. The van der Waals surface area contributed by atoms with Gasteiger partial charge < -0.3 is 5.32 Å². The lowest BCUT2D eigenvalue weighted by Gasteiger charge is -2.11.